The first-order chi connectivity index (χ1) is 10.4. The molecule has 5 nitrogen and oxygen atoms in total. The van der Waals surface area contributed by atoms with Crippen LogP contribution in [-0.4, -0.2) is 34.8 Å². The highest BCUT2D eigenvalue weighted by molar-refractivity contribution is 8.13. The lowest BCUT2D eigenvalue weighted by atomic mass is 10.2. The number of rotatable bonds is 6. The van der Waals surface area contributed by atoms with Crippen molar-refractivity contribution in [3.8, 4) is 0 Å². The van der Waals surface area contributed by atoms with Gasteiger partial charge in [0.15, 0.2) is 12.2 Å². The Balaban J connectivity index is 2.09. The topological polar surface area (TPSA) is 61.8 Å². The summed E-state index contributed by atoms with van der Waals surface area (Å²) >= 11 is 1.11. The maximum atomic E-state index is 12.3. The van der Waals surface area contributed by atoms with Crippen LogP contribution in [0.4, 0.5) is 0 Å². The Kier molecular flexibility index (Phi) is 5.61. The van der Waals surface area contributed by atoms with E-state index in [0.29, 0.717) is 5.75 Å². The van der Waals surface area contributed by atoms with Gasteiger partial charge in [-0.3, -0.25) is 4.79 Å². The molecule has 0 amide bonds. The highest BCUT2D eigenvalue weighted by Gasteiger charge is 2.48. The van der Waals surface area contributed by atoms with Crippen molar-refractivity contribution in [3.05, 3.63) is 35.9 Å². The fourth-order valence-electron chi connectivity index (χ4n) is 2.13. The third kappa shape index (κ3) is 4.32. The van der Waals surface area contributed by atoms with Gasteiger partial charge in [-0.15, -0.1) is 0 Å². The van der Waals surface area contributed by atoms with Crippen LogP contribution in [0.2, 0.25) is 0 Å². The summed E-state index contributed by atoms with van der Waals surface area (Å²) in [6.45, 7) is 5.37. The Morgan fingerprint density at radius 3 is 2.59 bits per heavy atom. The smallest absolute Gasteiger partial charge is 0.341 e. The van der Waals surface area contributed by atoms with Gasteiger partial charge in [-0.1, -0.05) is 49.0 Å². The Hall–Kier alpha value is -1.37. The van der Waals surface area contributed by atoms with E-state index in [0.717, 1.165) is 17.3 Å². The van der Waals surface area contributed by atoms with Crippen molar-refractivity contribution in [2.75, 3.05) is 5.75 Å². The van der Waals surface area contributed by atoms with Crippen molar-refractivity contribution in [2.45, 2.75) is 45.4 Å². The minimum Gasteiger partial charge on any atom is -0.432 e. The highest BCUT2D eigenvalue weighted by Crippen LogP contribution is 2.29. The van der Waals surface area contributed by atoms with E-state index >= 15 is 0 Å². The number of esters is 1. The van der Waals surface area contributed by atoms with Gasteiger partial charge in [-0.05, 0) is 11.3 Å². The molecule has 2 atom stereocenters. The zero-order valence-corrected chi connectivity index (χ0v) is 13.7. The molecule has 0 aliphatic carbocycles. The van der Waals surface area contributed by atoms with Gasteiger partial charge in [0, 0.05) is 13.8 Å². The fraction of sp³-hybridized carbons (Fsp3) is 0.500. The predicted octanol–water partition coefficient (Wildman–Crippen LogP) is 2.53. The van der Waals surface area contributed by atoms with Crippen molar-refractivity contribution in [3.63, 3.8) is 0 Å². The molecule has 0 N–H and O–H groups in total. The average Bonchev–Trinajstić information content (AvgIpc) is 2.74. The average molecular weight is 324 g/mol. The first-order valence-corrected chi connectivity index (χ1v) is 8.14. The van der Waals surface area contributed by atoms with E-state index in [2.05, 4.69) is 0 Å². The zero-order chi connectivity index (χ0) is 16.2. The van der Waals surface area contributed by atoms with Gasteiger partial charge in [0.05, 0.1) is 6.61 Å². The van der Waals surface area contributed by atoms with Crippen LogP contribution < -0.4 is 0 Å². The number of ether oxygens (including phenoxy) is 3. The van der Waals surface area contributed by atoms with E-state index in [-0.39, 0.29) is 11.7 Å². The van der Waals surface area contributed by atoms with Crippen LogP contribution in [0.3, 0.4) is 0 Å². The van der Waals surface area contributed by atoms with Gasteiger partial charge >= 0.3 is 5.97 Å². The molecule has 1 unspecified atom stereocenters. The Labute approximate surface area is 134 Å². The number of hydrogen-bond donors (Lipinski definition) is 0. The summed E-state index contributed by atoms with van der Waals surface area (Å²) in [5.41, 5.74) is 0.924. The molecule has 22 heavy (non-hydrogen) atoms. The van der Waals surface area contributed by atoms with Crippen LogP contribution in [-0.2, 0) is 30.4 Å². The van der Waals surface area contributed by atoms with Crippen LogP contribution in [0.5, 0.6) is 0 Å². The molecule has 1 fully saturated rings. The van der Waals surface area contributed by atoms with Crippen LogP contribution in [0.1, 0.15) is 26.3 Å². The summed E-state index contributed by atoms with van der Waals surface area (Å²) in [4.78, 5) is 24.2. The van der Waals surface area contributed by atoms with Crippen LogP contribution in [0.15, 0.2) is 30.3 Å². The monoisotopic (exact) mass is 324 g/mol. The second kappa shape index (κ2) is 7.26. The molecular formula is C16H20O5S. The van der Waals surface area contributed by atoms with Gasteiger partial charge < -0.3 is 14.2 Å². The van der Waals surface area contributed by atoms with E-state index in [4.69, 9.17) is 14.2 Å². The first kappa shape index (κ1) is 17.0. The van der Waals surface area contributed by atoms with E-state index in [1.807, 2.05) is 37.3 Å². The quantitative estimate of drug-likeness (QED) is 0.749. The second-order valence-electron chi connectivity index (χ2n) is 5.33. The van der Waals surface area contributed by atoms with Crippen molar-refractivity contribution in [1.82, 2.24) is 0 Å². The van der Waals surface area contributed by atoms with E-state index in [9.17, 15) is 9.59 Å². The van der Waals surface area contributed by atoms with Crippen LogP contribution in [0, 0.1) is 0 Å². The van der Waals surface area contributed by atoms with Crippen LogP contribution >= 0.6 is 11.8 Å². The number of hydrogen-bond acceptors (Lipinski definition) is 6. The third-order valence-electron chi connectivity index (χ3n) is 3.06. The molecule has 1 aromatic rings. The normalized spacial score (nSPS) is 21.4. The van der Waals surface area contributed by atoms with E-state index in [1.54, 1.807) is 13.8 Å². The molecule has 0 radical (unpaired) electrons. The number of thioether (sulfide) groups is 1. The standard InChI is InChI=1S/C16H20O5S/c1-4-22-15(18)13(12-14(17)21-16(2,3)20-12)19-10-11-8-6-5-7-9-11/h5-9,12-13H,4,10H2,1-3H3/t12-,13?/m1/s1. The lowest BCUT2D eigenvalue weighted by molar-refractivity contribution is -0.165. The lowest BCUT2D eigenvalue weighted by Crippen LogP contribution is -2.40. The number of cyclic esters (lactones) is 1. The molecule has 0 saturated carbocycles. The van der Waals surface area contributed by atoms with Gasteiger partial charge in [0.1, 0.15) is 0 Å². The highest BCUT2D eigenvalue weighted by atomic mass is 32.2. The van der Waals surface area contributed by atoms with Gasteiger partial charge in [-0.2, -0.15) is 0 Å². The van der Waals surface area contributed by atoms with Crippen molar-refractivity contribution >= 4 is 22.8 Å². The van der Waals surface area contributed by atoms with Crippen molar-refractivity contribution < 1.29 is 23.8 Å². The molecular weight excluding hydrogens is 304 g/mol. The minimum atomic E-state index is -1.03. The number of carbonyl (C=O) groups excluding carboxylic acids is 2. The second-order valence-corrected chi connectivity index (χ2v) is 6.60. The first-order valence-electron chi connectivity index (χ1n) is 7.16. The lowest BCUT2D eigenvalue weighted by Gasteiger charge is -2.21. The molecule has 1 aliphatic rings. The summed E-state index contributed by atoms with van der Waals surface area (Å²) < 4.78 is 16.4. The van der Waals surface area contributed by atoms with Crippen molar-refractivity contribution in [2.24, 2.45) is 0 Å². The predicted molar refractivity (Wildman–Crippen MR) is 83.2 cm³/mol. The van der Waals surface area contributed by atoms with Gasteiger partial charge in [0.25, 0.3) is 0 Å². The van der Waals surface area contributed by atoms with Gasteiger partial charge in [-0.25, -0.2) is 4.79 Å². The maximum Gasteiger partial charge on any atom is 0.341 e. The Bertz CT molecular complexity index is 529. The molecule has 6 heteroatoms. The third-order valence-corrected chi connectivity index (χ3v) is 3.86. The fourth-order valence-corrected chi connectivity index (χ4v) is 2.77. The van der Waals surface area contributed by atoms with E-state index in [1.165, 1.54) is 0 Å². The SMILES string of the molecule is CCSC(=O)C(OCc1ccccc1)[C@H]1OC(C)(C)OC1=O. The summed E-state index contributed by atoms with van der Waals surface area (Å²) in [5, 5.41) is -0.224. The molecule has 1 saturated heterocycles. The molecule has 1 aromatic carbocycles. The molecule has 2 rings (SSSR count). The number of carbonyl (C=O) groups is 2. The largest absolute Gasteiger partial charge is 0.432 e. The zero-order valence-electron chi connectivity index (χ0n) is 12.9. The van der Waals surface area contributed by atoms with E-state index < -0.39 is 24.0 Å². The Morgan fingerprint density at radius 2 is 2.05 bits per heavy atom. The minimum absolute atomic E-state index is 0.224. The number of benzene rings is 1. The van der Waals surface area contributed by atoms with Gasteiger partial charge in [0.2, 0.25) is 10.9 Å². The molecule has 0 spiro atoms. The summed E-state index contributed by atoms with van der Waals surface area (Å²) in [7, 11) is 0. The summed E-state index contributed by atoms with van der Waals surface area (Å²) in [5.74, 6) is -0.990. The van der Waals surface area contributed by atoms with Crippen LogP contribution in [0.25, 0.3) is 0 Å². The summed E-state index contributed by atoms with van der Waals surface area (Å²) in [6.07, 6.45) is -2.00. The maximum absolute atomic E-state index is 12.3. The summed E-state index contributed by atoms with van der Waals surface area (Å²) in [6, 6.07) is 9.47. The molecule has 0 bridgehead atoms. The molecule has 0 aromatic heterocycles. The Morgan fingerprint density at radius 1 is 1.36 bits per heavy atom. The molecule has 1 heterocycles. The van der Waals surface area contributed by atoms with Crippen molar-refractivity contribution in [1.29, 1.82) is 0 Å². The molecule has 120 valence electrons. The molecule has 1 aliphatic heterocycles.